The number of hydrogen-bond acceptors (Lipinski definition) is 7. The fraction of sp³-hybridized carbons (Fsp3) is 0.400. The fourth-order valence-electron chi connectivity index (χ4n) is 4.10. The minimum atomic E-state index is -0.290. The predicted octanol–water partition coefficient (Wildman–Crippen LogP) is 3.29. The van der Waals surface area contributed by atoms with Crippen LogP contribution < -0.4 is 20.1 Å². The highest BCUT2D eigenvalue weighted by atomic mass is 32.2. The van der Waals surface area contributed by atoms with Gasteiger partial charge in [0.15, 0.2) is 0 Å². The van der Waals surface area contributed by atoms with Gasteiger partial charge in [0.25, 0.3) is 5.91 Å². The van der Waals surface area contributed by atoms with E-state index in [9.17, 15) is 9.59 Å². The highest BCUT2D eigenvalue weighted by molar-refractivity contribution is 8.00. The topological polar surface area (TPSA) is 92.3 Å². The van der Waals surface area contributed by atoms with Crippen LogP contribution in [0.2, 0.25) is 0 Å². The Kier molecular flexibility index (Phi) is 7.74. The zero-order chi connectivity index (χ0) is 24.1. The molecule has 2 heterocycles. The van der Waals surface area contributed by atoms with Crippen molar-refractivity contribution in [2.24, 2.45) is 5.10 Å². The average Bonchev–Trinajstić information content (AvgIpc) is 3.32. The summed E-state index contributed by atoms with van der Waals surface area (Å²) in [6.45, 7) is 2.04. The first-order chi connectivity index (χ1) is 16.5. The molecule has 2 aromatic carbocycles. The zero-order valence-electron chi connectivity index (χ0n) is 19.6. The van der Waals surface area contributed by atoms with Gasteiger partial charge in [-0.15, -0.1) is 11.8 Å². The molecule has 0 spiro atoms. The van der Waals surface area contributed by atoms with Crippen molar-refractivity contribution in [3.05, 3.63) is 59.7 Å². The summed E-state index contributed by atoms with van der Waals surface area (Å²) < 4.78 is 10.5. The Bertz CT molecular complexity index is 1040. The van der Waals surface area contributed by atoms with Crippen LogP contribution in [0.15, 0.2) is 53.6 Å². The monoisotopic (exact) mass is 482 g/mol. The van der Waals surface area contributed by atoms with Gasteiger partial charge in [-0.2, -0.15) is 5.10 Å². The molecule has 34 heavy (non-hydrogen) atoms. The number of methoxy groups -OCH3 is 2. The number of thioether (sulfide) groups is 1. The summed E-state index contributed by atoms with van der Waals surface area (Å²) in [5, 5.41) is 12.6. The Balaban J connectivity index is 1.52. The molecule has 1 fully saturated rings. The number of hydrazone groups is 1. The van der Waals surface area contributed by atoms with Crippen molar-refractivity contribution in [3.63, 3.8) is 0 Å². The van der Waals surface area contributed by atoms with Gasteiger partial charge in [-0.1, -0.05) is 19.1 Å². The molecule has 8 nitrogen and oxygen atoms in total. The molecule has 0 saturated carbocycles. The molecule has 1 saturated heterocycles. The van der Waals surface area contributed by atoms with E-state index in [1.54, 1.807) is 19.2 Å². The minimum Gasteiger partial charge on any atom is -0.497 e. The van der Waals surface area contributed by atoms with Crippen LogP contribution in [0.4, 0.5) is 0 Å². The maximum atomic E-state index is 13.3. The van der Waals surface area contributed by atoms with Gasteiger partial charge in [0.2, 0.25) is 5.91 Å². The molecule has 0 aliphatic carbocycles. The first-order valence-corrected chi connectivity index (χ1v) is 12.4. The first kappa shape index (κ1) is 24.1. The van der Waals surface area contributed by atoms with Gasteiger partial charge < -0.3 is 14.8 Å². The van der Waals surface area contributed by atoms with Crippen LogP contribution in [-0.2, 0) is 9.59 Å². The van der Waals surface area contributed by atoms with E-state index < -0.39 is 0 Å². The van der Waals surface area contributed by atoms with Crippen molar-refractivity contribution in [2.45, 2.75) is 43.8 Å². The van der Waals surface area contributed by atoms with Gasteiger partial charge in [0.1, 0.15) is 17.0 Å². The summed E-state index contributed by atoms with van der Waals surface area (Å²) in [4.78, 5) is 25.3. The van der Waals surface area contributed by atoms with E-state index in [1.807, 2.05) is 55.5 Å². The second-order valence-electron chi connectivity index (χ2n) is 8.24. The molecule has 180 valence electrons. The maximum Gasteiger partial charge on any atom is 0.253 e. The lowest BCUT2D eigenvalue weighted by Gasteiger charge is -2.31. The van der Waals surface area contributed by atoms with E-state index in [4.69, 9.17) is 14.6 Å². The van der Waals surface area contributed by atoms with Crippen molar-refractivity contribution in [3.8, 4) is 11.5 Å². The number of nitrogens with zero attached hydrogens (tertiary/aromatic N) is 2. The van der Waals surface area contributed by atoms with Crippen molar-refractivity contribution in [1.82, 2.24) is 15.6 Å². The molecule has 2 aliphatic rings. The van der Waals surface area contributed by atoms with Crippen molar-refractivity contribution < 1.29 is 19.1 Å². The molecule has 3 unspecified atom stereocenters. The molecule has 9 heteroatoms. The van der Waals surface area contributed by atoms with Crippen LogP contribution >= 0.6 is 11.8 Å². The molecule has 2 amide bonds. The van der Waals surface area contributed by atoms with Crippen LogP contribution in [0.3, 0.4) is 0 Å². The van der Waals surface area contributed by atoms with Crippen LogP contribution in [-0.4, -0.2) is 54.0 Å². The van der Waals surface area contributed by atoms with E-state index in [0.29, 0.717) is 12.8 Å². The number of carbonyl (C=O) groups excluding carboxylic acids is 2. The third-order valence-electron chi connectivity index (χ3n) is 6.07. The maximum absolute atomic E-state index is 13.3. The lowest BCUT2D eigenvalue weighted by molar-refractivity contribution is -0.130. The molecule has 2 aromatic rings. The Labute approximate surface area is 204 Å². The van der Waals surface area contributed by atoms with Crippen molar-refractivity contribution in [1.29, 1.82) is 0 Å². The highest BCUT2D eigenvalue weighted by Crippen LogP contribution is 2.34. The highest BCUT2D eigenvalue weighted by Gasteiger charge is 2.34. The molecule has 0 bridgehead atoms. The predicted molar refractivity (Wildman–Crippen MR) is 133 cm³/mol. The van der Waals surface area contributed by atoms with E-state index >= 15 is 0 Å². The van der Waals surface area contributed by atoms with E-state index in [2.05, 4.69) is 10.6 Å². The smallest absolute Gasteiger partial charge is 0.253 e. The van der Waals surface area contributed by atoms with Crippen molar-refractivity contribution in [2.75, 3.05) is 20.0 Å². The third kappa shape index (κ3) is 5.53. The third-order valence-corrected chi connectivity index (χ3v) is 7.07. The van der Waals surface area contributed by atoms with Gasteiger partial charge in [-0.05, 0) is 53.9 Å². The molecule has 2 aliphatic heterocycles. The molecule has 4 rings (SSSR count). The fourth-order valence-corrected chi connectivity index (χ4v) is 5.05. The summed E-state index contributed by atoms with van der Waals surface area (Å²) in [5.41, 5.74) is 2.50. The Morgan fingerprint density at radius 1 is 1.06 bits per heavy atom. The van der Waals surface area contributed by atoms with Crippen LogP contribution in [0.25, 0.3) is 0 Å². The molecule has 0 aromatic heterocycles. The number of amides is 2. The van der Waals surface area contributed by atoms with E-state index in [1.165, 1.54) is 11.8 Å². The van der Waals surface area contributed by atoms with E-state index in [0.717, 1.165) is 34.8 Å². The molecule has 0 radical (unpaired) electrons. The largest absolute Gasteiger partial charge is 0.497 e. The van der Waals surface area contributed by atoms with Gasteiger partial charge in [0, 0.05) is 18.9 Å². The SMILES string of the molecule is CCC1CC(=O)NC(SCC(=O)N2N=C(c3ccc(OC)cc3)CC2c2ccc(OC)cc2)N1. The summed E-state index contributed by atoms with van der Waals surface area (Å²) in [6, 6.07) is 15.3. The van der Waals surface area contributed by atoms with Crippen LogP contribution in [0.1, 0.15) is 43.4 Å². The normalized spacial score (nSPS) is 22.2. The summed E-state index contributed by atoms with van der Waals surface area (Å²) in [6.07, 6.45) is 1.92. The number of hydrogen-bond donors (Lipinski definition) is 2. The Morgan fingerprint density at radius 3 is 2.32 bits per heavy atom. The van der Waals surface area contributed by atoms with Gasteiger partial charge in [-0.3, -0.25) is 14.9 Å². The van der Waals surface area contributed by atoms with Crippen LogP contribution in [0, 0.1) is 0 Å². The number of nitrogens with one attached hydrogen (secondary N) is 2. The molecular formula is C25H30N4O4S. The van der Waals surface area contributed by atoms with Gasteiger partial charge >= 0.3 is 0 Å². The quantitative estimate of drug-likeness (QED) is 0.600. The number of rotatable bonds is 8. The standard InChI is InChI=1S/C25H30N4O4S/c1-4-18-13-23(30)27-25(26-18)34-15-24(31)29-22(17-7-11-20(33-3)12-8-17)14-21(28-29)16-5-9-19(32-2)10-6-16/h5-12,18,22,25-26H,4,13-15H2,1-3H3,(H,27,30). The van der Waals surface area contributed by atoms with Crippen molar-refractivity contribution >= 4 is 29.3 Å². The molecule has 3 atom stereocenters. The van der Waals surface area contributed by atoms with Crippen LogP contribution in [0.5, 0.6) is 11.5 Å². The minimum absolute atomic E-state index is 0.00708. The first-order valence-electron chi connectivity index (χ1n) is 11.4. The lowest BCUT2D eigenvalue weighted by atomic mass is 9.98. The van der Waals surface area contributed by atoms with Gasteiger partial charge in [-0.25, -0.2) is 5.01 Å². The Morgan fingerprint density at radius 2 is 1.71 bits per heavy atom. The number of ether oxygens (including phenoxy) is 2. The Hall–Kier alpha value is -3.04. The van der Waals surface area contributed by atoms with E-state index in [-0.39, 0.29) is 35.1 Å². The second-order valence-corrected chi connectivity index (χ2v) is 9.33. The number of carbonyl (C=O) groups is 2. The second kappa shape index (κ2) is 10.9. The molecule has 2 N–H and O–H groups in total. The van der Waals surface area contributed by atoms with Gasteiger partial charge in [0.05, 0.1) is 31.7 Å². The summed E-state index contributed by atoms with van der Waals surface area (Å²) in [7, 11) is 3.26. The average molecular weight is 483 g/mol. The summed E-state index contributed by atoms with van der Waals surface area (Å²) >= 11 is 1.38. The zero-order valence-corrected chi connectivity index (χ0v) is 20.4. The summed E-state index contributed by atoms with van der Waals surface area (Å²) in [5.74, 6) is 1.62. The number of benzene rings is 2. The molecular weight excluding hydrogens is 452 g/mol. The lowest BCUT2D eigenvalue weighted by Crippen LogP contribution is -2.54.